The van der Waals surface area contributed by atoms with E-state index in [0.29, 0.717) is 13.1 Å². The van der Waals surface area contributed by atoms with Gasteiger partial charge < -0.3 is 10.6 Å². The zero-order valence-electron chi connectivity index (χ0n) is 11.3. The van der Waals surface area contributed by atoms with E-state index in [1.165, 1.54) is 11.1 Å². The Morgan fingerprint density at radius 2 is 1.80 bits per heavy atom. The van der Waals surface area contributed by atoms with Crippen molar-refractivity contribution in [2.45, 2.75) is 37.9 Å². The maximum Gasteiger partial charge on any atom is 0.391 e. The van der Waals surface area contributed by atoms with E-state index in [0.717, 1.165) is 18.5 Å². The summed E-state index contributed by atoms with van der Waals surface area (Å²) in [5.74, 6) is -1.14. The van der Waals surface area contributed by atoms with Crippen LogP contribution < -0.4 is 10.6 Å². The Morgan fingerprint density at radius 1 is 1.10 bits per heavy atom. The second-order valence-corrected chi connectivity index (χ2v) is 5.83. The molecule has 0 bridgehead atoms. The van der Waals surface area contributed by atoms with Crippen LogP contribution in [0.3, 0.4) is 0 Å². The van der Waals surface area contributed by atoms with Gasteiger partial charge in [-0.1, -0.05) is 6.07 Å². The summed E-state index contributed by atoms with van der Waals surface area (Å²) in [5.41, 5.74) is 9.49. The van der Waals surface area contributed by atoms with Crippen molar-refractivity contribution in [3.8, 4) is 0 Å². The number of hydrogen-bond acceptors (Lipinski definition) is 2. The van der Waals surface area contributed by atoms with Crippen LogP contribution in [0, 0.1) is 5.92 Å². The minimum atomic E-state index is -4.04. The molecule has 1 atom stereocenters. The van der Waals surface area contributed by atoms with Crippen LogP contribution in [-0.2, 0) is 6.42 Å². The Balaban J connectivity index is 1.70. The van der Waals surface area contributed by atoms with Gasteiger partial charge in [0.05, 0.1) is 5.92 Å². The molecule has 2 aliphatic rings. The highest BCUT2D eigenvalue weighted by Crippen LogP contribution is 2.37. The van der Waals surface area contributed by atoms with Gasteiger partial charge in [-0.3, -0.25) is 0 Å². The first-order valence-corrected chi connectivity index (χ1v) is 7.15. The van der Waals surface area contributed by atoms with E-state index in [1.54, 1.807) is 0 Å². The monoisotopic (exact) mass is 284 g/mol. The first-order chi connectivity index (χ1) is 9.45. The van der Waals surface area contributed by atoms with Crippen molar-refractivity contribution in [1.29, 1.82) is 0 Å². The van der Waals surface area contributed by atoms with Gasteiger partial charge in [-0.2, -0.15) is 13.2 Å². The molecule has 2 N–H and O–H groups in total. The number of anilines is 1. The molecule has 1 unspecified atom stereocenters. The molecule has 0 spiro atoms. The van der Waals surface area contributed by atoms with E-state index in [4.69, 9.17) is 5.73 Å². The number of rotatable bonds is 1. The maximum absolute atomic E-state index is 12.7. The largest absolute Gasteiger partial charge is 0.391 e. The van der Waals surface area contributed by atoms with Crippen LogP contribution in [0.5, 0.6) is 0 Å². The maximum atomic E-state index is 12.7. The van der Waals surface area contributed by atoms with Crippen LogP contribution >= 0.6 is 0 Å². The standard InChI is InChI=1S/C15H19F3N2/c16-15(17,18)11-5-7-20(8-6-11)12-2-3-13-10(9-12)1-4-14(13)19/h2-3,9,11,14H,1,4-8,19H2. The first-order valence-electron chi connectivity index (χ1n) is 7.15. The van der Waals surface area contributed by atoms with Crippen LogP contribution in [0.4, 0.5) is 18.9 Å². The van der Waals surface area contributed by atoms with Crippen molar-refractivity contribution in [3.63, 3.8) is 0 Å². The Labute approximate surface area is 116 Å². The fourth-order valence-electron chi connectivity index (χ4n) is 3.30. The third kappa shape index (κ3) is 2.51. The lowest BCUT2D eigenvalue weighted by Crippen LogP contribution is -2.39. The van der Waals surface area contributed by atoms with Gasteiger partial charge in [0, 0.05) is 24.8 Å². The van der Waals surface area contributed by atoms with Gasteiger partial charge in [-0.05, 0) is 48.9 Å². The molecule has 1 aromatic carbocycles. The molecule has 1 heterocycles. The van der Waals surface area contributed by atoms with E-state index < -0.39 is 12.1 Å². The minimum absolute atomic E-state index is 0.120. The molecule has 3 rings (SSSR count). The molecule has 5 heteroatoms. The fraction of sp³-hybridized carbons (Fsp3) is 0.600. The van der Waals surface area contributed by atoms with Crippen LogP contribution in [0.1, 0.15) is 36.4 Å². The van der Waals surface area contributed by atoms with E-state index in [9.17, 15) is 13.2 Å². The smallest absolute Gasteiger partial charge is 0.371 e. The Hall–Kier alpha value is -1.23. The molecule has 0 saturated carbocycles. The second-order valence-electron chi connectivity index (χ2n) is 5.83. The predicted molar refractivity (Wildman–Crippen MR) is 72.7 cm³/mol. The molecule has 1 aliphatic carbocycles. The lowest BCUT2D eigenvalue weighted by Gasteiger charge is -2.34. The molecule has 1 aromatic rings. The molecule has 1 fully saturated rings. The summed E-state index contributed by atoms with van der Waals surface area (Å²) in [7, 11) is 0. The third-order valence-electron chi connectivity index (χ3n) is 4.57. The van der Waals surface area contributed by atoms with Crippen LogP contribution in [-0.4, -0.2) is 19.3 Å². The summed E-state index contributed by atoms with van der Waals surface area (Å²) >= 11 is 0. The number of benzene rings is 1. The highest BCUT2D eigenvalue weighted by atomic mass is 19.4. The molecule has 110 valence electrons. The van der Waals surface area contributed by atoms with E-state index in [1.807, 2.05) is 12.1 Å². The van der Waals surface area contributed by atoms with Crippen molar-refractivity contribution in [2.75, 3.05) is 18.0 Å². The molecule has 0 radical (unpaired) electrons. The second kappa shape index (κ2) is 4.95. The highest BCUT2D eigenvalue weighted by Gasteiger charge is 2.41. The van der Waals surface area contributed by atoms with Crippen LogP contribution in [0.15, 0.2) is 18.2 Å². The first kappa shape index (κ1) is 13.7. The summed E-state index contributed by atoms with van der Waals surface area (Å²) < 4.78 is 38.0. The Kier molecular flexibility index (Phi) is 3.40. The Morgan fingerprint density at radius 3 is 2.45 bits per heavy atom. The summed E-state index contributed by atoms with van der Waals surface area (Å²) in [4.78, 5) is 2.06. The molecular formula is C15H19F3N2. The van der Waals surface area contributed by atoms with Gasteiger partial charge in [0.2, 0.25) is 0 Å². The van der Waals surface area contributed by atoms with Gasteiger partial charge in [-0.15, -0.1) is 0 Å². The summed E-state index contributed by atoms with van der Waals surface area (Å²) in [6, 6.07) is 6.27. The number of nitrogens with two attached hydrogens (primary N) is 1. The summed E-state index contributed by atoms with van der Waals surface area (Å²) in [5, 5.41) is 0. The highest BCUT2D eigenvalue weighted by molar-refractivity contribution is 5.53. The molecular weight excluding hydrogens is 265 g/mol. The molecule has 0 amide bonds. The van der Waals surface area contributed by atoms with Gasteiger partial charge in [-0.25, -0.2) is 0 Å². The number of alkyl halides is 3. The van der Waals surface area contributed by atoms with Crippen molar-refractivity contribution >= 4 is 5.69 Å². The van der Waals surface area contributed by atoms with Gasteiger partial charge in [0.25, 0.3) is 0 Å². The zero-order valence-corrected chi connectivity index (χ0v) is 11.3. The quantitative estimate of drug-likeness (QED) is 0.856. The average molecular weight is 284 g/mol. The van der Waals surface area contributed by atoms with Crippen LogP contribution in [0.25, 0.3) is 0 Å². The van der Waals surface area contributed by atoms with Crippen molar-refractivity contribution in [3.05, 3.63) is 29.3 Å². The number of halogens is 3. The number of aryl methyl sites for hydroxylation is 1. The Bertz CT molecular complexity index is 490. The zero-order chi connectivity index (χ0) is 14.3. The number of nitrogens with zero attached hydrogens (tertiary/aromatic N) is 1. The van der Waals surface area contributed by atoms with E-state index in [-0.39, 0.29) is 18.9 Å². The number of hydrogen-bond donors (Lipinski definition) is 1. The van der Waals surface area contributed by atoms with Gasteiger partial charge in [0.15, 0.2) is 0 Å². The lowest BCUT2D eigenvalue weighted by molar-refractivity contribution is -0.179. The van der Waals surface area contributed by atoms with Crippen molar-refractivity contribution in [2.24, 2.45) is 11.7 Å². The average Bonchev–Trinajstić information content (AvgIpc) is 2.79. The topological polar surface area (TPSA) is 29.3 Å². The molecule has 1 aliphatic heterocycles. The molecule has 2 nitrogen and oxygen atoms in total. The molecule has 20 heavy (non-hydrogen) atoms. The van der Waals surface area contributed by atoms with Crippen molar-refractivity contribution in [1.82, 2.24) is 0 Å². The number of piperidine rings is 1. The normalized spacial score (nSPS) is 24.0. The van der Waals surface area contributed by atoms with Crippen molar-refractivity contribution < 1.29 is 13.2 Å². The SMILES string of the molecule is NC1CCc2cc(N3CCC(C(F)(F)F)CC3)ccc21. The fourth-order valence-corrected chi connectivity index (χ4v) is 3.30. The van der Waals surface area contributed by atoms with Gasteiger partial charge in [0.1, 0.15) is 0 Å². The van der Waals surface area contributed by atoms with Crippen LogP contribution in [0.2, 0.25) is 0 Å². The number of fused-ring (bicyclic) bond motifs is 1. The third-order valence-corrected chi connectivity index (χ3v) is 4.57. The minimum Gasteiger partial charge on any atom is -0.371 e. The van der Waals surface area contributed by atoms with E-state index >= 15 is 0 Å². The predicted octanol–water partition coefficient (Wildman–Crippen LogP) is 3.41. The summed E-state index contributed by atoms with van der Waals surface area (Å²) in [6.07, 6.45) is -1.71. The lowest BCUT2D eigenvalue weighted by atomic mass is 9.95. The van der Waals surface area contributed by atoms with E-state index in [2.05, 4.69) is 11.0 Å². The van der Waals surface area contributed by atoms with Gasteiger partial charge >= 0.3 is 6.18 Å². The molecule has 0 aromatic heterocycles. The molecule has 1 saturated heterocycles. The summed E-state index contributed by atoms with van der Waals surface area (Å²) in [6.45, 7) is 0.962.